The number of nitrogens with zero attached hydrogens (tertiary/aromatic N) is 4. The third kappa shape index (κ3) is 4.36. The highest BCUT2D eigenvalue weighted by Crippen LogP contribution is 2.34. The molecule has 0 spiro atoms. The van der Waals surface area contributed by atoms with Gasteiger partial charge < -0.3 is 9.32 Å². The average Bonchev–Trinajstić information content (AvgIpc) is 3.25. The smallest absolute Gasteiger partial charge is 0.266 e. The number of aryl methyl sites for hydroxylation is 1. The first-order chi connectivity index (χ1) is 13.7. The van der Waals surface area contributed by atoms with Crippen LogP contribution in [-0.4, -0.2) is 32.0 Å². The van der Waals surface area contributed by atoms with Crippen LogP contribution in [0.25, 0.3) is 11.5 Å². The molecule has 29 heavy (non-hydrogen) atoms. The van der Waals surface area contributed by atoms with E-state index >= 15 is 0 Å². The van der Waals surface area contributed by atoms with Gasteiger partial charge in [0.25, 0.3) is 5.91 Å². The van der Waals surface area contributed by atoms with Crippen molar-refractivity contribution < 1.29 is 9.21 Å². The van der Waals surface area contributed by atoms with Crippen molar-refractivity contribution in [3.05, 3.63) is 50.8 Å². The van der Waals surface area contributed by atoms with Gasteiger partial charge in [-0.25, -0.2) is 4.98 Å². The minimum Gasteiger partial charge on any atom is -0.419 e. The summed E-state index contributed by atoms with van der Waals surface area (Å²) in [6.07, 6.45) is 1.99. The minimum absolute atomic E-state index is 0.00996. The Morgan fingerprint density at radius 1 is 1.24 bits per heavy atom. The van der Waals surface area contributed by atoms with Gasteiger partial charge in [0, 0.05) is 22.0 Å². The van der Waals surface area contributed by atoms with Crippen LogP contribution < -0.4 is 0 Å². The molecule has 6 nitrogen and oxygen atoms in total. The topological polar surface area (TPSA) is 72.1 Å². The van der Waals surface area contributed by atoms with Crippen LogP contribution in [-0.2, 0) is 12.0 Å². The Hall–Kier alpha value is -2.25. The Balaban J connectivity index is 1.56. The van der Waals surface area contributed by atoms with E-state index < -0.39 is 0 Å². The van der Waals surface area contributed by atoms with Gasteiger partial charge in [-0.3, -0.25) is 4.79 Å². The quantitative estimate of drug-likeness (QED) is 0.552. The molecule has 1 aromatic carbocycles. The van der Waals surface area contributed by atoms with Crippen molar-refractivity contribution in [2.45, 2.75) is 58.5 Å². The fourth-order valence-corrected chi connectivity index (χ4v) is 4.18. The van der Waals surface area contributed by atoms with Crippen molar-refractivity contribution in [1.82, 2.24) is 20.1 Å². The number of hydrogen-bond acceptors (Lipinski definition) is 6. The molecule has 2 heterocycles. The molecule has 0 N–H and O–H groups in total. The lowest BCUT2D eigenvalue weighted by Gasteiger charge is -2.20. The highest BCUT2D eigenvalue weighted by Gasteiger charge is 2.36. The number of benzene rings is 1. The number of rotatable bonds is 5. The Morgan fingerprint density at radius 3 is 2.52 bits per heavy atom. The first-order valence-corrected chi connectivity index (χ1v) is 10.8. The molecule has 0 atom stereocenters. The predicted molar refractivity (Wildman–Crippen MR) is 113 cm³/mol. The first kappa shape index (κ1) is 20.0. The Labute approximate surface area is 178 Å². The fraction of sp³-hybridized carbons (Fsp3) is 0.429. The van der Waals surface area contributed by atoms with Crippen molar-refractivity contribution in [2.24, 2.45) is 0 Å². The Bertz CT molecular complexity index is 1030. The van der Waals surface area contributed by atoms with Gasteiger partial charge >= 0.3 is 0 Å². The standard InChI is InChI=1S/C21H23ClN4O2S/c1-12-17(29-20(23-12)21(2,3)4)19(27)26(15-9-10-15)11-16-24-25-18(28-16)13-5-7-14(22)8-6-13/h5-8,15H,9-11H2,1-4H3. The molecule has 152 valence electrons. The van der Waals surface area contributed by atoms with Crippen LogP contribution in [0.15, 0.2) is 28.7 Å². The van der Waals surface area contributed by atoms with Gasteiger partial charge in [-0.15, -0.1) is 21.5 Å². The molecule has 2 aromatic heterocycles. The molecule has 0 unspecified atom stereocenters. The van der Waals surface area contributed by atoms with Crippen molar-refractivity contribution in [3.63, 3.8) is 0 Å². The number of hydrogen-bond donors (Lipinski definition) is 0. The number of thiazole rings is 1. The van der Waals surface area contributed by atoms with E-state index in [0.29, 0.717) is 28.2 Å². The van der Waals surface area contributed by atoms with Crippen LogP contribution in [0.3, 0.4) is 0 Å². The maximum atomic E-state index is 13.3. The number of carbonyl (C=O) groups is 1. The molecule has 0 radical (unpaired) electrons. The largest absolute Gasteiger partial charge is 0.419 e. The maximum Gasteiger partial charge on any atom is 0.266 e. The van der Waals surface area contributed by atoms with Gasteiger partial charge in [0.15, 0.2) is 0 Å². The summed E-state index contributed by atoms with van der Waals surface area (Å²) in [7, 11) is 0. The highest BCUT2D eigenvalue weighted by atomic mass is 35.5. The summed E-state index contributed by atoms with van der Waals surface area (Å²) in [4.78, 5) is 20.5. The van der Waals surface area contributed by atoms with Crippen molar-refractivity contribution >= 4 is 28.8 Å². The number of aromatic nitrogens is 3. The number of amides is 1. The summed E-state index contributed by atoms with van der Waals surface area (Å²) < 4.78 is 5.82. The summed E-state index contributed by atoms with van der Waals surface area (Å²) in [5, 5.41) is 9.90. The molecule has 8 heteroatoms. The first-order valence-electron chi connectivity index (χ1n) is 9.59. The fourth-order valence-electron chi connectivity index (χ4n) is 2.97. The molecule has 1 aliphatic rings. The van der Waals surface area contributed by atoms with Crippen LogP contribution >= 0.6 is 22.9 Å². The molecular formula is C21H23ClN4O2S. The van der Waals surface area contributed by atoms with Crippen LogP contribution in [0.5, 0.6) is 0 Å². The molecule has 3 aromatic rings. The molecule has 1 fully saturated rings. The molecular weight excluding hydrogens is 408 g/mol. The number of halogens is 1. The third-order valence-electron chi connectivity index (χ3n) is 4.74. The predicted octanol–water partition coefficient (Wildman–Crippen LogP) is 5.26. The molecule has 1 amide bonds. The molecule has 1 saturated carbocycles. The Kier molecular flexibility index (Phi) is 5.21. The van der Waals surface area contributed by atoms with Crippen LogP contribution in [0.4, 0.5) is 0 Å². The zero-order valence-corrected chi connectivity index (χ0v) is 18.5. The van der Waals surface area contributed by atoms with E-state index in [4.69, 9.17) is 16.0 Å². The van der Waals surface area contributed by atoms with E-state index in [-0.39, 0.29) is 17.4 Å². The van der Waals surface area contributed by atoms with Crippen molar-refractivity contribution in [3.8, 4) is 11.5 Å². The molecule has 0 bridgehead atoms. The SMILES string of the molecule is Cc1nc(C(C)(C)C)sc1C(=O)N(Cc1nnc(-c2ccc(Cl)cc2)o1)C1CC1. The van der Waals surface area contributed by atoms with E-state index in [9.17, 15) is 4.79 Å². The van der Waals surface area contributed by atoms with Crippen molar-refractivity contribution in [1.29, 1.82) is 0 Å². The molecule has 0 saturated heterocycles. The summed E-state index contributed by atoms with van der Waals surface area (Å²) in [6, 6.07) is 7.43. The Morgan fingerprint density at radius 2 is 1.93 bits per heavy atom. The summed E-state index contributed by atoms with van der Waals surface area (Å²) in [6.45, 7) is 8.51. The van der Waals surface area contributed by atoms with Gasteiger partial charge in [0.05, 0.1) is 17.2 Å². The monoisotopic (exact) mass is 430 g/mol. The molecule has 4 rings (SSSR count). The minimum atomic E-state index is -0.0850. The van der Waals surface area contributed by atoms with E-state index in [1.54, 1.807) is 12.1 Å². The zero-order valence-electron chi connectivity index (χ0n) is 16.9. The lowest BCUT2D eigenvalue weighted by molar-refractivity contribution is 0.0718. The maximum absolute atomic E-state index is 13.3. The highest BCUT2D eigenvalue weighted by molar-refractivity contribution is 7.14. The van der Waals surface area contributed by atoms with Gasteiger partial charge in [-0.05, 0) is 44.0 Å². The van der Waals surface area contributed by atoms with Crippen LogP contribution in [0.1, 0.15) is 59.9 Å². The summed E-state index contributed by atoms with van der Waals surface area (Å²) >= 11 is 7.42. The van der Waals surface area contributed by atoms with Gasteiger partial charge in [-0.1, -0.05) is 32.4 Å². The van der Waals surface area contributed by atoms with Gasteiger partial charge in [0.2, 0.25) is 11.8 Å². The van der Waals surface area contributed by atoms with Crippen LogP contribution in [0.2, 0.25) is 5.02 Å². The second-order valence-electron chi connectivity index (χ2n) is 8.36. The summed E-state index contributed by atoms with van der Waals surface area (Å²) in [5.74, 6) is 0.835. The van der Waals surface area contributed by atoms with E-state index in [2.05, 4.69) is 36.0 Å². The lowest BCUT2D eigenvalue weighted by atomic mass is 9.98. The second-order valence-corrected chi connectivity index (χ2v) is 9.79. The van der Waals surface area contributed by atoms with Gasteiger partial charge in [-0.2, -0.15) is 0 Å². The second kappa shape index (κ2) is 7.54. The van der Waals surface area contributed by atoms with Crippen LogP contribution in [0, 0.1) is 6.92 Å². The zero-order chi connectivity index (χ0) is 20.8. The molecule has 0 aliphatic heterocycles. The number of carbonyl (C=O) groups excluding carboxylic acids is 1. The summed E-state index contributed by atoms with van der Waals surface area (Å²) in [5.41, 5.74) is 1.49. The normalized spacial score (nSPS) is 14.2. The van der Waals surface area contributed by atoms with E-state index in [1.807, 2.05) is 24.0 Å². The van der Waals surface area contributed by atoms with E-state index in [0.717, 1.165) is 29.1 Å². The third-order valence-corrected chi connectivity index (χ3v) is 6.57. The lowest BCUT2D eigenvalue weighted by Crippen LogP contribution is -2.32. The van der Waals surface area contributed by atoms with E-state index in [1.165, 1.54) is 11.3 Å². The molecule has 1 aliphatic carbocycles. The van der Waals surface area contributed by atoms with Crippen molar-refractivity contribution in [2.75, 3.05) is 0 Å². The van der Waals surface area contributed by atoms with Gasteiger partial charge in [0.1, 0.15) is 4.88 Å². The average molecular weight is 431 g/mol.